The number of nitrogens with zero attached hydrogens (tertiary/aromatic N) is 1. The molecule has 0 saturated heterocycles. The molecule has 0 bridgehead atoms. The average molecular weight is 323 g/mol. The maximum atomic E-state index is 12.9. The van der Waals surface area contributed by atoms with Gasteiger partial charge in [0, 0.05) is 12.1 Å². The second-order valence-corrected chi connectivity index (χ2v) is 5.08. The molecule has 7 heteroatoms. The first-order valence-electron chi connectivity index (χ1n) is 6.38. The van der Waals surface area contributed by atoms with Crippen molar-refractivity contribution >= 4 is 23.2 Å². The van der Waals surface area contributed by atoms with Gasteiger partial charge < -0.3 is 5.32 Å². The highest BCUT2D eigenvalue weighted by molar-refractivity contribution is 6.34. The summed E-state index contributed by atoms with van der Waals surface area (Å²) >= 11 is 5.90. The Morgan fingerprint density at radius 3 is 2.45 bits per heavy atom. The third kappa shape index (κ3) is 3.59. The lowest BCUT2D eigenvalue weighted by Crippen LogP contribution is -2.26. The van der Waals surface area contributed by atoms with Gasteiger partial charge in [0.2, 0.25) is 0 Å². The molecule has 1 unspecified atom stereocenters. The third-order valence-electron chi connectivity index (χ3n) is 3.13. The van der Waals surface area contributed by atoms with Gasteiger partial charge in [0.15, 0.2) is 0 Å². The molecule has 1 atom stereocenters. The number of hydrogen-bond acceptors (Lipinski definition) is 3. The summed E-state index contributed by atoms with van der Waals surface area (Å²) in [6.45, 7) is 1.74. The summed E-state index contributed by atoms with van der Waals surface area (Å²) in [5, 5.41) is 13.3. The SMILES string of the molecule is CC(NC(=O)c1ccc([N+](=O)[O-])cc1Cl)c1ccc(F)cc1. The van der Waals surface area contributed by atoms with Gasteiger partial charge in [-0.2, -0.15) is 0 Å². The van der Waals surface area contributed by atoms with E-state index in [0.29, 0.717) is 0 Å². The Morgan fingerprint density at radius 1 is 1.27 bits per heavy atom. The van der Waals surface area contributed by atoms with Crippen molar-refractivity contribution in [2.24, 2.45) is 0 Å². The number of nitro benzene ring substituents is 1. The maximum absolute atomic E-state index is 12.9. The molecule has 0 aromatic heterocycles. The Kier molecular flexibility index (Phi) is 4.72. The molecule has 2 aromatic carbocycles. The van der Waals surface area contributed by atoms with Crippen molar-refractivity contribution in [1.29, 1.82) is 0 Å². The van der Waals surface area contributed by atoms with E-state index in [1.807, 2.05) is 0 Å². The summed E-state index contributed by atoms with van der Waals surface area (Å²) in [6, 6.07) is 9.01. The van der Waals surface area contributed by atoms with Crippen LogP contribution in [0.25, 0.3) is 0 Å². The van der Waals surface area contributed by atoms with E-state index in [-0.39, 0.29) is 28.1 Å². The second kappa shape index (κ2) is 6.53. The van der Waals surface area contributed by atoms with Crippen molar-refractivity contribution in [3.8, 4) is 0 Å². The summed E-state index contributed by atoms with van der Waals surface area (Å²) < 4.78 is 12.9. The van der Waals surface area contributed by atoms with Crippen molar-refractivity contribution in [2.45, 2.75) is 13.0 Å². The van der Waals surface area contributed by atoms with Crippen LogP contribution in [0.5, 0.6) is 0 Å². The van der Waals surface area contributed by atoms with Gasteiger partial charge in [-0.15, -0.1) is 0 Å². The molecule has 0 saturated carbocycles. The Bertz CT molecular complexity index is 719. The molecule has 114 valence electrons. The predicted octanol–water partition coefficient (Wildman–Crippen LogP) is 3.88. The zero-order valence-corrected chi connectivity index (χ0v) is 12.3. The minimum absolute atomic E-state index is 0.00185. The molecule has 0 aliphatic heterocycles. The van der Waals surface area contributed by atoms with E-state index >= 15 is 0 Å². The second-order valence-electron chi connectivity index (χ2n) is 4.67. The Labute approximate surface area is 130 Å². The third-order valence-corrected chi connectivity index (χ3v) is 3.44. The molecule has 1 amide bonds. The first-order valence-corrected chi connectivity index (χ1v) is 6.76. The number of rotatable bonds is 4. The van der Waals surface area contributed by atoms with Crippen LogP contribution in [0.1, 0.15) is 28.9 Å². The number of nitro groups is 1. The van der Waals surface area contributed by atoms with Crippen LogP contribution in [0, 0.1) is 15.9 Å². The highest BCUT2D eigenvalue weighted by atomic mass is 35.5. The van der Waals surface area contributed by atoms with E-state index in [0.717, 1.165) is 11.6 Å². The van der Waals surface area contributed by atoms with Crippen LogP contribution in [-0.4, -0.2) is 10.8 Å². The number of hydrogen-bond donors (Lipinski definition) is 1. The predicted molar refractivity (Wildman–Crippen MR) is 80.4 cm³/mol. The maximum Gasteiger partial charge on any atom is 0.270 e. The number of carbonyl (C=O) groups is 1. The Morgan fingerprint density at radius 2 is 1.91 bits per heavy atom. The van der Waals surface area contributed by atoms with Crippen molar-refractivity contribution in [3.05, 3.63) is 74.5 Å². The molecule has 0 aliphatic carbocycles. The molecule has 0 heterocycles. The highest BCUT2D eigenvalue weighted by Crippen LogP contribution is 2.23. The van der Waals surface area contributed by atoms with Crippen LogP contribution in [0.2, 0.25) is 5.02 Å². The monoisotopic (exact) mass is 322 g/mol. The normalized spacial score (nSPS) is 11.8. The number of non-ortho nitro benzene ring substituents is 1. The van der Waals surface area contributed by atoms with Gasteiger partial charge in [0.05, 0.1) is 21.6 Å². The molecule has 22 heavy (non-hydrogen) atoms. The summed E-state index contributed by atoms with van der Waals surface area (Å²) in [7, 11) is 0. The lowest BCUT2D eigenvalue weighted by atomic mass is 10.1. The largest absolute Gasteiger partial charge is 0.345 e. The molecule has 0 radical (unpaired) electrons. The fourth-order valence-electron chi connectivity index (χ4n) is 1.91. The summed E-state index contributed by atoms with van der Waals surface area (Å²) in [6.07, 6.45) is 0. The van der Waals surface area contributed by atoms with Crippen molar-refractivity contribution in [3.63, 3.8) is 0 Å². The van der Waals surface area contributed by atoms with Gasteiger partial charge in [-0.1, -0.05) is 23.7 Å². The van der Waals surface area contributed by atoms with Crippen LogP contribution in [0.4, 0.5) is 10.1 Å². The van der Waals surface area contributed by atoms with E-state index < -0.39 is 10.8 Å². The van der Waals surface area contributed by atoms with Gasteiger partial charge in [0.1, 0.15) is 5.82 Å². The molecule has 1 N–H and O–H groups in total. The molecule has 0 aliphatic rings. The first kappa shape index (κ1) is 15.9. The lowest BCUT2D eigenvalue weighted by Gasteiger charge is -2.15. The quantitative estimate of drug-likeness (QED) is 0.686. The van der Waals surface area contributed by atoms with Crippen LogP contribution in [0.3, 0.4) is 0 Å². The standard InChI is InChI=1S/C15H12ClFN2O3/c1-9(10-2-4-11(17)5-3-10)18-15(20)13-7-6-12(19(21)22)8-14(13)16/h2-9H,1H3,(H,18,20). The zero-order valence-electron chi connectivity index (χ0n) is 11.5. The van der Waals surface area contributed by atoms with Crippen LogP contribution in [-0.2, 0) is 0 Å². The van der Waals surface area contributed by atoms with E-state index in [1.165, 1.54) is 24.3 Å². The van der Waals surface area contributed by atoms with Gasteiger partial charge >= 0.3 is 0 Å². The van der Waals surface area contributed by atoms with Crippen molar-refractivity contribution in [2.75, 3.05) is 0 Å². The number of benzene rings is 2. The van der Waals surface area contributed by atoms with Crippen molar-refractivity contribution in [1.82, 2.24) is 5.32 Å². The molecule has 2 rings (SSSR count). The molecule has 5 nitrogen and oxygen atoms in total. The lowest BCUT2D eigenvalue weighted by molar-refractivity contribution is -0.384. The van der Waals surface area contributed by atoms with Gasteiger partial charge in [-0.05, 0) is 30.7 Å². The number of carbonyl (C=O) groups excluding carboxylic acids is 1. The van der Waals surface area contributed by atoms with Crippen LogP contribution in [0.15, 0.2) is 42.5 Å². The fourth-order valence-corrected chi connectivity index (χ4v) is 2.17. The fraction of sp³-hybridized carbons (Fsp3) is 0.133. The van der Waals surface area contributed by atoms with Gasteiger partial charge in [0.25, 0.3) is 11.6 Å². The molecule has 0 fully saturated rings. The van der Waals surface area contributed by atoms with E-state index in [1.54, 1.807) is 19.1 Å². The smallest absolute Gasteiger partial charge is 0.270 e. The number of nitrogens with one attached hydrogen (secondary N) is 1. The summed E-state index contributed by atoms with van der Waals surface area (Å²) in [4.78, 5) is 22.2. The topological polar surface area (TPSA) is 72.2 Å². The molecule has 0 spiro atoms. The average Bonchev–Trinajstić information content (AvgIpc) is 2.47. The minimum atomic E-state index is -0.589. The van der Waals surface area contributed by atoms with Gasteiger partial charge in [-0.25, -0.2) is 4.39 Å². The number of amides is 1. The Balaban J connectivity index is 2.15. The van der Waals surface area contributed by atoms with Gasteiger partial charge in [-0.3, -0.25) is 14.9 Å². The highest BCUT2D eigenvalue weighted by Gasteiger charge is 2.17. The Hall–Kier alpha value is -2.47. The molecular formula is C15H12ClFN2O3. The molecular weight excluding hydrogens is 311 g/mol. The van der Waals surface area contributed by atoms with E-state index in [9.17, 15) is 19.3 Å². The molecule has 2 aromatic rings. The van der Waals surface area contributed by atoms with Crippen molar-refractivity contribution < 1.29 is 14.1 Å². The van der Waals surface area contributed by atoms with Crippen LogP contribution >= 0.6 is 11.6 Å². The van der Waals surface area contributed by atoms with E-state index in [2.05, 4.69) is 5.32 Å². The van der Waals surface area contributed by atoms with E-state index in [4.69, 9.17) is 11.6 Å². The zero-order chi connectivity index (χ0) is 16.3. The summed E-state index contributed by atoms with van der Waals surface area (Å²) in [5.74, 6) is -0.822. The van der Waals surface area contributed by atoms with Crippen LogP contribution < -0.4 is 5.32 Å². The number of halogens is 2. The minimum Gasteiger partial charge on any atom is -0.345 e. The first-order chi connectivity index (χ1) is 10.4. The summed E-state index contributed by atoms with van der Waals surface area (Å²) in [5.41, 5.74) is 0.683.